The summed E-state index contributed by atoms with van der Waals surface area (Å²) in [7, 11) is 0. The molecule has 1 aliphatic rings. The van der Waals surface area contributed by atoms with Gasteiger partial charge >= 0.3 is 0 Å². The maximum atomic E-state index is 5.99. The van der Waals surface area contributed by atoms with Crippen LogP contribution in [0.1, 0.15) is 50.3 Å². The molecule has 1 fully saturated rings. The molecular weight excluding hydrogens is 286 g/mol. The van der Waals surface area contributed by atoms with Crippen LogP contribution < -0.4 is 0 Å². The van der Waals surface area contributed by atoms with Gasteiger partial charge in [-0.2, -0.15) is 0 Å². The van der Waals surface area contributed by atoms with Gasteiger partial charge in [-0.15, -0.1) is 0 Å². The molecule has 1 N–H and O–H groups in total. The molecule has 0 bridgehead atoms. The van der Waals surface area contributed by atoms with Crippen molar-refractivity contribution in [3.63, 3.8) is 0 Å². The first-order chi connectivity index (χ1) is 11.4. The number of fused-ring (bicyclic) bond motifs is 1. The highest BCUT2D eigenvalue weighted by molar-refractivity contribution is 5.84. The average molecular weight is 313 g/mol. The Hall–Kier alpha value is -1.58. The van der Waals surface area contributed by atoms with Crippen molar-refractivity contribution in [2.45, 2.75) is 58.3 Å². The summed E-state index contributed by atoms with van der Waals surface area (Å²) >= 11 is 0. The van der Waals surface area contributed by atoms with Gasteiger partial charge < -0.3 is 14.5 Å². The molecule has 0 amide bonds. The van der Waals surface area contributed by atoms with Gasteiger partial charge in [-0.3, -0.25) is 0 Å². The lowest BCUT2D eigenvalue weighted by Crippen LogP contribution is -2.22. The highest BCUT2D eigenvalue weighted by Crippen LogP contribution is 2.25. The minimum Gasteiger partial charge on any atom is -0.356 e. The Labute approximate surface area is 138 Å². The molecule has 3 nitrogen and oxygen atoms in total. The van der Waals surface area contributed by atoms with E-state index in [-0.39, 0.29) is 6.29 Å². The maximum Gasteiger partial charge on any atom is 0.158 e. The fourth-order valence-corrected chi connectivity index (χ4v) is 3.12. The van der Waals surface area contributed by atoms with Gasteiger partial charge in [-0.05, 0) is 43.7 Å². The van der Waals surface area contributed by atoms with E-state index in [0.29, 0.717) is 6.61 Å². The number of para-hydroxylation sites is 1. The second-order valence-corrected chi connectivity index (χ2v) is 6.20. The van der Waals surface area contributed by atoms with Gasteiger partial charge in [-0.25, -0.2) is 0 Å². The second kappa shape index (κ2) is 8.32. The van der Waals surface area contributed by atoms with E-state index in [4.69, 9.17) is 9.47 Å². The molecule has 124 valence electrons. The Bertz CT molecular complexity index is 638. The summed E-state index contributed by atoms with van der Waals surface area (Å²) in [5, 5.41) is 1.30. The lowest BCUT2D eigenvalue weighted by Gasteiger charge is -2.22. The SMILES string of the molecule is CCC/C=C/Cc1c(COC2CCCCO2)[nH]c2ccccc12. The number of benzene rings is 1. The van der Waals surface area contributed by atoms with E-state index < -0.39 is 0 Å². The molecule has 2 heterocycles. The van der Waals surface area contributed by atoms with E-state index in [1.165, 1.54) is 35.0 Å². The Morgan fingerprint density at radius 1 is 1.26 bits per heavy atom. The van der Waals surface area contributed by atoms with Crippen LogP contribution in [0.15, 0.2) is 36.4 Å². The molecule has 3 heteroatoms. The molecule has 1 saturated heterocycles. The first-order valence-corrected chi connectivity index (χ1v) is 8.85. The van der Waals surface area contributed by atoms with Crippen molar-refractivity contribution in [1.29, 1.82) is 0 Å². The van der Waals surface area contributed by atoms with Crippen LogP contribution in [0, 0.1) is 0 Å². The first kappa shape index (κ1) is 16.3. The number of rotatable bonds is 7. The number of aromatic amines is 1. The molecule has 1 aliphatic heterocycles. The van der Waals surface area contributed by atoms with Crippen molar-refractivity contribution in [2.75, 3.05) is 6.61 Å². The zero-order valence-corrected chi connectivity index (χ0v) is 14.0. The number of hydrogen-bond acceptors (Lipinski definition) is 2. The van der Waals surface area contributed by atoms with E-state index in [9.17, 15) is 0 Å². The minimum absolute atomic E-state index is 0.0429. The van der Waals surface area contributed by atoms with Crippen molar-refractivity contribution < 1.29 is 9.47 Å². The molecule has 0 saturated carbocycles. The van der Waals surface area contributed by atoms with Crippen LogP contribution in [-0.4, -0.2) is 17.9 Å². The summed E-state index contributed by atoms with van der Waals surface area (Å²) in [6, 6.07) is 8.50. The number of nitrogens with one attached hydrogen (secondary N) is 1. The van der Waals surface area contributed by atoms with Crippen LogP contribution in [0.4, 0.5) is 0 Å². The Kier molecular flexibility index (Phi) is 5.89. The predicted molar refractivity (Wildman–Crippen MR) is 94.4 cm³/mol. The quantitative estimate of drug-likeness (QED) is 0.721. The zero-order valence-electron chi connectivity index (χ0n) is 14.0. The minimum atomic E-state index is -0.0429. The Morgan fingerprint density at radius 3 is 3.00 bits per heavy atom. The third-order valence-corrected chi connectivity index (χ3v) is 4.40. The zero-order chi connectivity index (χ0) is 15.9. The number of allylic oxidation sites excluding steroid dienone is 2. The van der Waals surface area contributed by atoms with Gasteiger partial charge in [0.2, 0.25) is 0 Å². The van der Waals surface area contributed by atoms with Crippen LogP contribution in [0.3, 0.4) is 0 Å². The molecule has 1 atom stereocenters. The fourth-order valence-electron chi connectivity index (χ4n) is 3.12. The van der Waals surface area contributed by atoms with Crippen LogP contribution in [-0.2, 0) is 22.5 Å². The van der Waals surface area contributed by atoms with Gasteiger partial charge in [0.15, 0.2) is 6.29 Å². The van der Waals surface area contributed by atoms with E-state index in [2.05, 4.69) is 48.3 Å². The van der Waals surface area contributed by atoms with Crippen molar-refractivity contribution >= 4 is 10.9 Å². The van der Waals surface area contributed by atoms with Crippen LogP contribution >= 0.6 is 0 Å². The van der Waals surface area contributed by atoms with Gasteiger partial charge in [0.1, 0.15) is 0 Å². The molecule has 1 unspecified atom stereocenters. The monoisotopic (exact) mass is 313 g/mol. The van der Waals surface area contributed by atoms with Crippen LogP contribution in [0.25, 0.3) is 10.9 Å². The number of unbranched alkanes of at least 4 members (excludes halogenated alkanes) is 1. The molecule has 23 heavy (non-hydrogen) atoms. The lowest BCUT2D eigenvalue weighted by atomic mass is 10.1. The fraction of sp³-hybridized carbons (Fsp3) is 0.500. The molecule has 0 aliphatic carbocycles. The van der Waals surface area contributed by atoms with Gasteiger partial charge in [-0.1, -0.05) is 43.7 Å². The molecule has 1 aromatic heterocycles. The van der Waals surface area contributed by atoms with Crippen molar-refractivity contribution in [2.24, 2.45) is 0 Å². The topological polar surface area (TPSA) is 34.2 Å². The molecule has 3 rings (SSSR count). The highest BCUT2D eigenvalue weighted by atomic mass is 16.7. The third kappa shape index (κ3) is 4.24. The summed E-state index contributed by atoms with van der Waals surface area (Å²) in [5.74, 6) is 0. The summed E-state index contributed by atoms with van der Waals surface area (Å²) in [5.41, 5.74) is 3.72. The Balaban J connectivity index is 1.74. The molecular formula is C20H27NO2. The summed E-state index contributed by atoms with van der Waals surface area (Å²) in [6.07, 6.45) is 11.2. The summed E-state index contributed by atoms with van der Waals surface area (Å²) in [4.78, 5) is 3.53. The smallest absolute Gasteiger partial charge is 0.158 e. The van der Waals surface area contributed by atoms with Crippen molar-refractivity contribution in [3.05, 3.63) is 47.7 Å². The van der Waals surface area contributed by atoms with E-state index in [1.54, 1.807) is 0 Å². The number of hydrogen-bond donors (Lipinski definition) is 1. The number of ether oxygens (including phenoxy) is 2. The third-order valence-electron chi connectivity index (χ3n) is 4.40. The van der Waals surface area contributed by atoms with E-state index in [1.807, 2.05) is 0 Å². The first-order valence-electron chi connectivity index (χ1n) is 8.85. The van der Waals surface area contributed by atoms with Gasteiger partial charge in [0.05, 0.1) is 6.61 Å². The van der Waals surface area contributed by atoms with Crippen molar-refractivity contribution in [3.8, 4) is 0 Å². The van der Waals surface area contributed by atoms with E-state index in [0.717, 1.165) is 32.3 Å². The average Bonchev–Trinajstić information content (AvgIpc) is 2.95. The molecule has 0 spiro atoms. The summed E-state index contributed by atoms with van der Waals surface area (Å²) < 4.78 is 11.7. The lowest BCUT2D eigenvalue weighted by molar-refractivity contribution is -0.169. The Morgan fingerprint density at radius 2 is 2.17 bits per heavy atom. The molecule has 0 radical (unpaired) electrons. The standard InChI is InChI=1S/C20H27NO2/c1-2-3-4-5-10-17-16-11-6-7-12-18(16)21-19(17)15-23-20-13-8-9-14-22-20/h4-7,11-12,20-21H,2-3,8-10,13-15H2,1H3/b5-4+. The highest BCUT2D eigenvalue weighted by Gasteiger charge is 2.16. The van der Waals surface area contributed by atoms with Crippen molar-refractivity contribution in [1.82, 2.24) is 4.98 Å². The molecule has 2 aromatic rings. The second-order valence-electron chi connectivity index (χ2n) is 6.20. The van der Waals surface area contributed by atoms with Crippen LogP contribution in [0.2, 0.25) is 0 Å². The van der Waals surface area contributed by atoms with E-state index >= 15 is 0 Å². The molecule has 1 aromatic carbocycles. The van der Waals surface area contributed by atoms with Gasteiger partial charge in [0, 0.05) is 23.2 Å². The summed E-state index contributed by atoms with van der Waals surface area (Å²) in [6.45, 7) is 3.62. The normalized spacial score (nSPS) is 18.9. The van der Waals surface area contributed by atoms with Crippen LogP contribution in [0.5, 0.6) is 0 Å². The largest absolute Gasteiger partial charge is 0.356 e. The van der Waals surface area contributed by atoms with Gasteiger partial charge in [0.25, 0.3) is 0 Å². The predicted octanol–water partition coefficient (Wildman–Crippen LogP) is 5.11. The number of H-pyrrole nitrogens is 1. The number of aromatic nitrogens is 1. The maximum absolute atomic E-state index is 5.99.